The van der Waals surface area contributed by atoms with E-state index in [1.54, 1.807) is 12.1 Å². The molecule has 1 N–H and O–H groups in total. The second-order valence-electron chi connectivity index (χ2n) is 4.29. The molecule has 0 fully saturated rings. The van der Waals surface area contributed by atoms with Gasteiger partial charge >= 0.3 is 0 Å². The molecule has 1 rings (SSSR count). The molecule has 0 saturated carbocycles. The molecule has 118 valence electrons. The summed E-state index contributed by atoms with van der Waals surface area (Å²) >= 11 is 3.25. The molecule has 8 heteroatoms. The molecule has 0 atom stereocenters. The summed E-state index contributed by atoms with van der Waals surface area (Å²) in [6.07, 6.45) is 0. The van der Waals surface area contributed by atoms with Crippen molar-refractivity contribution in [3.63, 3.8) is 0 Å². The van der Waals surface area contributed by atoms with Crippen LogP contribution >= 0.6 is 15.9 Å². The van der Waals surface area contributed by atoms with Gasteiger partial charge < -0.3 is 10.1 Å². The fourth-order valence-electron chi connectivity index (χ4n) is 1.70. The summed E-state index contributed by atoms with van der Waals surface area (Å²) in [6, 6.07) is 6.09. The van der Waals surface area contributed by atoms with E-state index in [9.17, 15) is 13.2 Å². The second-order valence-corrected chi connectivity index (χ2v) is 7.02. The van der Waals surface area contributed by atoms with Crippen molar-refractivity contribution in [1.82, 2.24) is 4.31 Å². The molecule has 0 heterocycles. The van der Waals surface area contributed by atoms with Crippen LogP contribution in [0.2, 0.25) is 0 Å². The molecule has 1 amide bonds. The van der Waals surface area contributed by atoms with Crippen LogP contribution in [0.25, 0.3) is 0 Å². The number of anilines is 1. The smallest absolute Gasteiger partial charge is 0.243 e. The summed E-state index contributed by atoms with van der Waals surface area (Å²) in [5.74, 6) is -0.202. The van der Waals surface area contributed by atoms with Crippen molar-refractivity contribution >= 4 is 37.5 Å². The topological polar surface area (TPSA) is 75.7 Å². The van der Waals surface area contributed by atoms with Crippen molar-refractivity contribution in [1.29, 1.82) is 0 Å². The van der Waals surface area contributed by atoms with E-state index in [0.29, 0.717) is 24.2 Å². The highest BCUT2D eigenvalue weighted by Gasteiger charge is 2.23. The molecule has 0 bridgehead atoms. The number of nitrogens with one attached hydrogen (secondary N) is 1. The number of nitrogens with zero attached hydrogens (tertiary/aromatic N) is 1. The Hall–Kier alpha value is -0.960. The molecule has 0 aromatic heterocycles. The van der Waals surface area contributed by atoms with Crippen molar-refractivity contribution in [2.45, 2.75) is 11.8 Å². The lowest BCUT2D eigenvalue weighted by molar-refractivity contribution is -0.114. The molecular formula is C13H19BrN2O4S. The fraction of sp³-hybridized carbons (Fsp3) is 0.462. The third kappa shape index (κ3) is 5.39. The normalized spacial score (nSPS) is 11.6. The van der Waals surface area contributed by atoms with Gasteiger partial charge in [-0.2, -0.15) is 4.31 Å². The Morgan fingerprint density at radius 2 is 1.90 bits per heavy atom. The van der Waals surface area contributed by atoms with Gasteiger partial charge in [0, 0.05) is 38.1 Å². The Bertz CT molecular complexity index is 560. The number of benzene rings is 1. The van der Waals surface area contributed by atoms with Gasteiger partial charge in [-0.05, 0) is 24.3 Å². The first kappa shape index (κ1) is 18.1. The molecular weight excluding hydrogens is 360 g/mol. The summed E-state index contributed by atoms with van der Waals surface area (Å²) in [6.45, 7) is 2.38. The number of methoxy groups -OCH3 is 1. The maximum atomic E-state index is 12.5. The zero-order valence-electron chi connectivity index (χ0n) is 12.0. The lowest BCUT2D eigenvalue weighted by Gasteiger charge is -2.21. The van der Waals surface area contributed by atoms with Gasteiger partial charge in [0.15, 0.2) is 0 Å². The molecule has 6 nitrogen and oxygen atoms in total. The number of sulfonamides is 1. The lowest BCUT2D eigenvalue weighted by atomic mass is 10.3. The Balaban J connectivity index is 2.95. The standard InChI is InChI=1S/C13H19BrN2O4S/c1-11(17)15-12-3-5-13(6-4-12)21(18,19)16(8-7-14)9-10-20-2/h3-6H,7-10H2,1-2H3,(H,15,17). The molecule has 0 aliphatic heterocycles. The van der Waals surface area contributed by atoms with Gasteiger partial charge in [0.25, 0.3) is 0 Å². The predicted octanol–water partition coefficient (Wildman–Crippen LogP) is 1.68. The Kier molecular flexibility index (Phi) is 7.30. The van der Waals surface area contributed by atoms with Crippen LogP contribution in [0.15, 0.2) is 29.2 Å². The zero-order chi connectivity index (χ0) is 15.9. The number of rotatable bonds is 8. The van der Waals surface area contributed by atoms with Crippen LogP contribution in [0.4, 0.5) is 5.69 Å². The average Bonchev–Trinajstić information content (AvgIpc) is 2.43. The first-order chi connectivity index (χ1) is 9.91. The van der Waals surface area contributed by atoms with Gasteiger partial charge in [0.05, 0.1) is 11.5 Å². The van der Waals surface area contributed by atoms with Crippen LogP contribution in [0.1, 0.15) is 6.92 Å². The summed E-state index contributed by atoms with van der Waals surface area (Å²) in [5.41, 5.74) is 0.561. The minimum atomic E-state index is -3.57. The van der Waals surface area contributed by atoms with Crippen molar-refractivity contribution in [3.05, 3.63) is 24.3 Å². The molecule has 0 unspecified atom stereocenters. The van der Waals surface area contributed by atoms with Gasteiger partial charge in [0.1, 0.15) is 0 Å². The maximum Gasteiger partial charge on any atom is 0.243 e. The molecule has 21 heavy (non-hydrogen) atoms. The van der Waals surface area contributed by atoms with E-state index in [2.05, 4.69) is 21.2 Å². The van der Waals surface area contributed by atoms with Gasteiger partial charge in [0.2, 0.25) is 15.9 Å². The molecule has 1 aromatic carbocycles. The number of halogens is 1. The highest BCUT2D eigenvalue weighted by atomic mass is 79.9. The van der Waals surface area contributed by atoms with E-state index in [1.807, 2.05) is 0 Å². The molecule has 0 aliphatic rings. The number of carbonyl (C=O) groups is 1. The number of alkyl halides is 1. The number of hydrogen-bond acceptors (Lipinski definition) is 4. The third-order valence-corrected chi connectivity index (χ3v) is 4.96. The van der Waals surface area contributed by atoms with Crippen LogP contribution in [-0.4, -0.2) is 50.8 Å². The average molecular weight is 379 g/mol. The monoisotopic (exact) mass is 378 g/mol. The van der Waals surface area contributed by atoms with E-state index in [1.165, 1.54) is 30.5 Å². The molecule has 0 spiro atoms. The molecule has 0 saturated heterocycles. The van der Waals surface area contributed by atoms with E-state index in [4.69, 9.17) is 4.74 Å². The van der Waals surface area contributed by atoms with E-state index in [-0.39, 0.29) is 17.3 Å². The highest BCUT2D eigenvalue weighted by molar-refractivity contribution is 9.09. The Morgan fingerprint density at radius 3 is 2.38 bits per heavy atom. The maximum absolute atomic E-state index is 12.5. The highest BCUT2D eigenvalue weighted by Crippen LogP contribution is 2.18. The predicted molar refractivity (Wildman–Crippen MR) is 85.2 cm³/mol. The van der Waals surface area contributed by atoms with Crippen LogP contribution < -0.4 is 5.32 Å². The van der Waals surface area contributed by atoms with Crippen LogP contribution in [0, 0.1) is 0 Å². The number of hydrogen-bond donors (Lipinski definition) is 1. The van der Waals surface area contributed by atoms with Crippen molar-refractivity contribution < 1.29 is 17.9 Å². The molecule has 0 radical (unpaired) electrons. The Labute approximate surface area is 133 Å². The van der Waals surface area contributed by atoms with Crippen molar-refractivity contribution in [2.24, 2.45) is 0 Å². The van der Waals surface area contributed by atoms with Gasteiger partial charge in [-0.25, -0.2) is 8.42 Å². The quantitative estimate of drug-likeness (QED) is 0.698. The fourth-order valence-corrected chi connectivity index (χ4v) is 3.79. The summed E-state index contributed by atoms with van der Waals surface area (Å²) in [5, 5.41) is 3.14. The zero-order valence-corrected chi connectivity index (χ0v) is 14.4. The van der Waals surface area contributed by atoms with E-state index < -0.39 is 10.0 Å². The van der Waals surface area contributed by atoms with Crippen LogP contribution in [-0.2, 0) is 19.6 Å². The van der Waals surface area contributed by atoms with E-state index >= 15 is 0 Å². The summed E-state index contributed by atoms with van der Waals surface area (Å²) < 4.78 is 31.4. The van der Waals surface area contributed by atoms with Gasteiger partial charge in [-0.15, -0.1) is 0 Å². The lowest BCUT2D eigenvalue weighted by Crippen LogP contribution is -2.35. The third-order valence-electron chi connectivity index (χ3n) is 2.69. The van der Waals surface area contributed by atoms with Gasteiger partial charge in [-0.3, -0.25) is 4.79 Å². The second kappa shape index (κ2) is 8.47. The van der Waals surface area contributed by atoms with Gasteiger partial charge in [-0.1, -0.05) is 15.9 Å². The minimum Gasteiger partial charge on any atom is -0.383 e. The SMILES string of the molecule is COCCN(CCBr)S(=O)(=O)c1ccc(NC(C)=O)cc1. The Morgan fingerprint density at radius 1 is 1.29 bits per heavy atom. The summed E-state index contributed by atoms with van der Waals surface area (Å²) in [4.78, 5) is 11.1. The summed E-state index contributed by atoms with van der Waals surface area (Å²) in [7, 11) is -2.04. The first-order valence-corrected chi connectivity index (χ1v) is 8.90. The van der Waals surface area contributed by atoms with Crippen molar-refractivity contribution in [2.75, 3.05) is 37.5 Å². The molecule has 1 aromatic rings. The molecule has 0 aliphatic carbocycles. The number of carbonyl (C=O) groups excluding carboxylic acids is 1. The first-order valence-electron chi connectivity index (χ1n) is 6.34. The van der Waals surface area contributed by atoms with Crippen molar-refractivity contribution in [3.8, 4) is 0 Å². The van der Waals surface area contributed by atoms with E-state index in [0.717, 1.165) is 0 Å². The largest absolute Gasteiger partial charge is 0.383 e. The van der Waals surface area contributed by atoms with Crippen LogP contribution in [0.3, 0.4) is 0 Å². The van der Waals surface area contributed by atoms with Crippen LogP contribution in [0.5, 0.6) is 0 Å². The number of ether oxygens (including phenoxy) is 1. The minimum absolute atomic E-state index is 0.189. The number of amides is 1.